The van der Waals surface area contributed by atoms with Crippen molar-refractivity contribution in [2.45, 2.75) is 17.9 Å². The molecule has 0 fully saturated rings. The van der Waals surface area contributed by atoms with Crippen LogP contribution in [-0.2, 0) is 23.5 Å². The Morgan fingerprint density at radius 1 is 1.29 bits per heavy atom. The fourth-order valence-electron chi connectivity index (χ4n) is 1.99. The SMILES string of the molecule is CN(CCCc1ccccc1)S(=O)(=O)c1ncn(C)c1Cl. The number of nitrogens with zero attached hydrogens (tertiary/aromatic N) is 3. The summed E-state index contributed by atoms with van der Waals surface area (Å²) in [4.78, 5) is 3.88. The highest BCUT2D eigenvalue weighted by Crippen LogP contribution is 2.21. The second-order valence-corrected chi connectivity index (χ2v) is 7.19. The van der Waals surface area contributed by atoms with E-state index in [0.717, 1.165) is 12.8 Å². The molecule has 2 rings (SSSR count). The fourth-order valence-corrected chi connectivity index (χ4v) is 3.57. The Hall–Kier alpha value is -1.37. The largest absolute Gasteiger partial charge is 0.324 e. The molecule has 0 aliphatic rings. The molecule has 0 bridgehead atoms. The van der Waals surface area contributed by atoms with E-state index in [1.165, 1.54) is 20.8 Å². The summed E-state index contributed by atoms with van der Waals surface area (Å²) >= 11 is 5.96. The topological polar surface area (TPSA) is 55.2 Å². The third-order valence-electron chi connectivity index (χ3n) is 3.27. The Morgan fingerprint density at radius 2 is 1.95 bits per heavy atom. The van der Waals surface area contributed by atoms with Crippen molar-refractivity contribution in [3.63, 3.8) is 0 Å². The van der Waals surface area contributed by atoms with E-state index in [-0.39, 0.29) is 10.2 Å². The lowest BCUT2D eigenvalue weighted by Crippen LogP contribution is -2.28. The molecule has 0 saturated carbocycles. The van der Waals surface area contributed by atoms with Crippen LogP contribution in [0.25, 0.3) is 0 Å². The van der Waals surface area contributed by atoms with Gasteiger partial charge in [-0.1, -0.05) is 41.9 Å². The number of sulfonamides is 1. The highest BCUT2D eigenvalue weighted by Gasteiger charge is 2.26. The lowest BCUT2D eigenvalue weighted by molar-refractivity contribution is 0.459. The number of aromatic nitrogens is 2. The van der Waals surface area contributed by atoms with E-state index in [4.69, 9.17) is 11.6 Å². The number of hydrogen-bond acceptors (Lipinski definition) is 3. The van der Waals surface area contributed by atoms with Crippen LogP contribution in [0.3, 0.4) is 0 Å². The second-order valence-electron chi connectivity index (χ2n) is 4.87. The molecule has 0 N–H and O–H groups in total. The number of aryl methyl sites for hydroxylation is 2. The summed E-state index contributed by atoms with van der Waals surface area (Å²) in [6, 6.07) is 9.98. The van der Waals surface area contributed by atoms with Crippen molar-refractivity contribution in [1.29, 1.82) is 0 Å². The monoisotopic (exact) mass is 327 g/mol. The van der Waals surface area contributed by atoms with Crippen LogP contribution in [0.1, 0.15) is 12.0 Å². The molecular formula is C14H18ClN3O2S. The van der Waals surface area contributed by atoms with Gasteiger partial charge in [0.25, 0.3) is 10.0 Å². The zero-order valence-corrected chi connectivity index (χ0v) is 13.6. The van der Waals surface area contributed by atoms with Crippen LogP contribution < -0.4 is 0 Å². The quantitative estimate of drug-likeness (QED) is 0.818. The maximum atomic E-state index is 12.4. The van der Waals surface area contributed by atoms with Crippen molar-refractivity contribution < 1.29 is 8.42 Å². The van der Waals surface area contributed by atoms with Gasteiger partial charge in [-0.2, -0.15) is 4.31 Å². The van der Waals surface area contributed by atoms with E-state index in [0.29, 0.717) is 6.54 Å². The van der Waals surface area contributed by atoms with E-state index >= 15 is 0 Å². The van der Waals surface area contributed by atoms with Crippen molar-refractivity contribution in [2.24, 2.45) is 7.05 Å². The minimum Gasteiger partial charge on any atom is -0.324 e. The maximum absolute atomic E-state index is 12.4. The normalized spacial score (nSPS) is 12.0. The fraction of sp³-hybridized carbons (Fsp3) is 0.357. The molecule has 1 aromatic heterocycles. The third-order valence-corrected chi connectivity index (χ3v) is 5.62. The molecular weight excluding hydrogens is 310 g/mol. The van der Waals surface area contributed by atoms with Gasteiger partial charge in [-0.15, -0.1) is 0 Å². The lowest BCUT2D eigenvalue weighted by atomic mass is 10.1. The van der Waals surface area contributed by atoms with Crippen molar-refractivity contribution in [2.75, 3.05) is 13.6 Å². The van der Waals surface area contributed by atoms with Gasteiger partial charge in [-0.05, 0) is 18.4 Å². The molecule has 1 aromatic carbocycles. The van der Waals surface area contributed by atoms with E-state index in [9.17, 15) is 8.42 Å². The van der Waals surface area contributed by atoms with Gasteiger partial charge in [-0.25, -0.2) is 13.4 Å². The van der Waals surface area contributed by atoms with Gasteiger partial charge in [-0.3, -0.25) is 0 Å². The summed E-state index contributed by atoms with van der Waals surface area (Å²) in [6.45, 7) is 0.421. The molecule has 0 spiro atoms. The first kappa shape index (κ1) is 16.0. The van der Waals surface area contributed by atoms with Crippen LogP contribution in [-0.4, -0.2) is 35.9 Å². The van der Waals surface area contributed by atoms with Gasteiger partial charge >= 0.3 is 0 Å². The third kappa shape index (κ3) is 3.64. The molecule has 0 unspecified atom stereocenters. The van der Waals surface area contributed by atoms with Gasteiger partial charge in [0.1, 0.15) is 5.15 Å². The second kappa shape index (κ2) is 6.60. The number of hydrogen-bond donors (Lipinski definition) is 0. The molecule has 0 radical (unpaired) electrons. The Morgan fingerprint density at radius 3 is 2.52 bits per heavy atom. The predicted molar refractivity (Wildman–Crippen MR) is 82.8 cm³/mol. The summed E-state index contributed by atoms with van der Waals surface area (Å²) in [5.74, 6) is 0. The van der Waals surface area contributed by atoms with E-state index in [2.05, 4.69) is 4.98 Å². The van der Waals surface area contributed by atoms with E-state index in [1.807, 2.05) is 30.3 Å². The molecule has 2 aromatic rings. The summed E-state index contributed by atoms with van der Waals surface area (Å²) in [7, 11) is -0.430. The van der Waals surface area contributed by atoms with Crippen LogP contribution in [0.5, 0.6) is 0 Å². The van der Waals surface area contributed by atoms with Crippen molar-refractivity contribution in [3.8, 4) is 0 Å². The standard InChI is InChI=1S/C14H18ClN3O2S/c1-17-11-16-14(13(17)15)21(19,20)18(2)10-6-9-12-7-4-3-5-8-12/h3-5,7-8,11H,6,9-10H2,1-2H3. The van der Waals surface area contributed by atoms with Gasteiger partial charge < -0.3 is 4.57 Å². The number of halogens is 1. The Balaban J connectivity index is 1.99. The zero-order chi connectivity index (χ0) is 15.5. The van der Waals surface area contributed by atoms with Crippen LogP contribution in [0.2, 0.25) is 5.15 Å². The highest BCUT2D eigenvalue weighted by molar-refractivity contribution is 7.89. The Bertz CT molecular complexity index is 698. The molecule has 1 heterocycles. The minimum atomic E-state index is -3.63. The van der Waals surface area contributed by atoms with Crippen LogP contribution >= 0.6 is 11.6 Å². The molecule has 0 amide bonds. The first-order valence-corrected chi connectivity index (χ1v) is 8.42. The highest BCUT2D eigenvalue weighted by atomic mass is 35.5. The van der Waals surface area contributed by atoms with Crippen LogP contribution in [0, 0.1) is 0 Å². The number of rotatable bonds is 6. The molecule has 0 aliphatic carbocycles. The maximum Gasteiger partial charge on any atom is 0.263 e. The molecule has 0 aliphatic heterocycles. The number of benzene rings is 1. The number of imidazole rings is 1. The molecule has 7 heteroatoms. The zero-order valence-electron chi connectivity index (χ0n) is 12.0. The minimum absolute atomic E-state index is 0.0890. The average molecular weight is 328 g/mol. The smallest absolute Gasteiger partial charge is 0.263 e. The summed E-state index contributed by atoms with van der Waals surface area (Å²) in [6.07, 6.45) is 2.97. The van der Waals surface area contributed by atoms with Crippen molar-refractivity contribution in [1.82, 2.24) is 13.9 Å². The van der Waals surface area contributed by atoms with Crippen molar-refractivity contribution in [3.05, 3.63) is 47.4 Å². The molecule has 0 atom stereocenters. The van der Waals surface area contributed by atoms with Crippen molar-refractivity contribution >= 4 is 21.6 Å². The van der Waals surface area contributed by atoms with Gasteiger partial charge in [0.2, 0.25) is 5.03 Å². The first-order chi connectivity index (χ1) is 9.93. The van der Waals surface area contributed by atoms with E-state index in [1.54, 1.807) is 14.1 Å². The predicted octanol–water partition coefficient (Wildman–Crippen LogP) is 2.33. The average Bonchev–Trinajstić information content (AvgIpc) is 2.80. The molecule has 114 valence electrons. The molecule has 5 nitrogen and oxygen atoms in total. The summed E-state index contributed by atoms with van der Waals surface area (Å²) < 4.78 is 27.5. The summed E-state index contributed by atoms with van der Waals surface area (Å²) in [5, 5.41) is 0.0405. The molecule has 0 saturated heterocycles. The van der Waals surface area contributed by atoms with Gasteiger partial charge in [0.05, 0.1) is 6.33 Å². The Labute approximate surface area is 130 Å². The van der Waals surface area contributed by atoms with Gasteiger partial charge in [0.15, 0.2) is 0 Å². The van der Waals surface area contributed by atoms with Crippen LogP contribution in [0.4, 0.5) is 0 Å². The Kier molecular flexibility index (Phi) is 5.03. The van der Waals surface area contributed by atoms with Gasteiger partial charge in [0, 0.05) is 20.6 Å². The molecule has 21 heavy (non-hydrogen) atoms. The lowest BCUT2D eigenvalue weighted by Gasteiger charge is -2.15. The summed E-state index contributed by atoms with van der Waals surface area (Å²) in [5.41, 5.74) is 1.19. The van der Waals surface area contributed by atoms with Crippen LogP contribution in [0.15, 0.2) is 41.7 Å². The first-order valence-electron chi connectivity index (χ1n) is 6.60. The van der Waals surface area contributed by atoms with E-state index < -0.39 is 10.0 Å².